The number of hydrogen-bond acceptors (Lipinski definition) is 3. The Morgan fingerprint density at radius 3 is 2.38 bits per heavy atom. The third-order valence-corrected chi connectivity index (χ3v) is 4.21. The van der Waals surface area contributed by atoms with E-state index in [-0.39, 0.29) is 5.97 Å². The Labute approximate surface area is 128 Å². The number of rotatable bonds is 3. The van der Waals surface area contributed by atoms with Crippen molar-refractivity contribution in [1.29, 1.82) is 0 Å². The Hall–Kier alpha value is -1.51. The van der Waals surface area contributed by atoms with Gasteiger partial charge in [0.1, 0.15) is 0 Å². The molecule has 0 unspecified atom stereocenters. The molecule has 0 amide bonds. The fourth-order valence-corrected chi connectivity index (χ4v) is 4.04. The van der Waals surface area contributed by atoms with Gasteiger partial charge in [-0.05, 0) is 48.3 Å². The summed E-state index contributed by atoms with van der Waals surface area (Å²) in [7, 11) is 1.41. The first-order valence-electron chi connectivity index (χ1n) is 7.66. The van der Waals surface area contributed by atoms with Crippen LogP contribution in [0.25, 0.3) is 0 Å². The van der Waals surface area contributed by atoms with Crippen LogP contribution in [0.3, 0.4) is 0 Å². The highest BCUT2D eigenvalue weighted by Gasteiger charge is 2.38. The zero-order chi connectivity index (χ0) is 15.7. The number of esters is 1. The minimum Gasteiger partial charge on any atom is -0.465 e. The second-order valence-corrected chi connectivity index (χ2v) is 7.83. The van der Waals surface area contributed by atoms with Gasteiger partial charge in [0.15, 0.2) is 0 Å². The number of carbonyl (C=O) groups is 1. The Balaban J connectivity index is 2.12. The molecule has 0 aromatic heterocycles. The molecular weight excluding hydrogens is 262 g/mol. The first-order valence-corrected chi connectivity index (χ1v) is 7.66. The van der Waals surface area contributed by atoms with E-state index in [0.717, 1.165) is 18.5 Å². The van der Waals surface area contributed by atoms with Gasteiger partial charge in [-0.2, -0.15) is 0 Å². The fourth-order valence-electron chi connectivity index (χ4n) is 4.04. The van der Waals surface area contributed by atoms with Crippen molar-refractivity contribution in [3.63, 3.8) is 0 Å². The average molecular weight is 289 g/mol. The summed E-state index contributed by atoms with van der Waals surface area (Å²) in [6.07, 6.45) is 3.55. The molecule has 1 saturated carbocycles. The Kier molecular flexibility index (Phi) is 4.31. The first kappa shape index (κ1) is 15.9. The van der Waals surface area contributed by atoms with Crippen molar-refractivity contribution in [3.8, 4) is 0 Å². The maximum atomic E-state index is 11.6. The van der Waals surface area contributed by atoms with Gasteiger partial charge in [0.25, 0.3) is 0 Å². The smallest absolute Gasteiger partial charge is 0.337 e. The maximum absolute atomic E-state index is 11.6. The molecule has 3 nitrogen and oxygen atoms in total. The maximum Gasteiger partial charge on any atom is 0.337 e. The summed E-state index contributed by atoms with van der Waals surface area (Å²) < 4.78 is 4.78. The van der Waals surface area contributed by atoms with Gasteiger partial charge >= 0.3 is 5.97 Å². The van der Waals surface area contributed by atoms with Crippen molar-refractivity contribution in [2.75, 3.05) is 12.4 Å². The monoisotopic (exact) mass is 289 g/mol. The zero-order valence-corrected chi connectivity index (χ0v) is 13.8. The number of anilines is 1. The largest absolute Gasteiger partial charge is 0.465 e. The van der Waals surface area contributed by atoms with E-state index in [4.69, 9.17) is 4.74 Å². The Morgan fingerprint density at radius 1 is 1.19 bits per heavy atom. The van der Waals surface area contributed by atoms with Gasteiger partial charge in [0.2, 0.25) is 0 Å². The zero-order valence-electron chi connectivity index (χ0n) is 13.8. The van der Waals surface area contributed by atoms with E-state index in [1.54, 1.807) is 6.07 Å². The topological polar surface area (TPSA) is 38.3 Å². The molecule has 0 saturated heterocycles. The minimum absolute atomic E-state index is 0.289. The lowest BCUT2D eigenvalue weighted by atomic mass is 9.63. The molecule has 0 radical (unpaired) electrons. The highest BCUT2D eigenvalue weighted by molar-refractivity contribution is 5.90. The van der Waals surface area contributed by atoms with Crippen LogP contribution in [-0.4, -0.2) is 19.1 Å². The standard InChI is InChI=1S/C18H27NO2/c1-17(2)10-15(11-18(3,4)12-17)19-14-8-6-7-13(9-14)16(20)21-5/h6-9,15,19H,10-12H2,1-5H3. The molecule has 1 N–H and O–H groups in total. The van der Waals surface area contributed by atoms with Crippen LogP contribution in [0.2, 0.25) is 0 Å². The lowest BCUT2D eigenvalue weighted by molar-refractivity contribution is 0.0600. The third-order valence-electron chi connectivity index (χ3n) is 4.21. The van der Waals surface area contributed by atoms with Gasteiger partial charge in [-0.1, -0.05) is 33.8 Å². The van der Waals surface area contributed by atoms with Gasteiger partial charge in [-0.3, -0.25) is 0 Å². The van der Waals surface area contributed by atoms with E-state index >= 15 is 0 Å². The Bertz CT molecular complexity index is 504. The lowest BCUT2D eigenvalue weighted by Crippen LogP contribution is -2.40. The van der Waals surface area contributed by atoms with Gasteiger partial charge in [-0.25, -0.2) is 4.79 Å². The van der Waals surface area contributed by atoms with Crippen LogP contribution in [0.4, 0.5) is 5.69 Å². The van der Waals surface area contributed by atoms with Crippen LogP contribution < -0.4 is 5.32 Å². The van der Waals surface area contributed by atoms with Gasteiger partial charge in [0, 0.05) is 11.7 Å². The van der Waals surface area contributed by atoms with Crippen LogP contribution in [0.5, 0.6) is 0 Å². The van der Waals surface area contributed by atoms with Crippen molar-refractivity contribution >= 4 is 11.7 Å². The quantitative estimate of drug-likeness (QED) is 0.833. The predicted molar refractivity (Wildman–Crippen MR) is 86.6 cm³/mol. The molecule has 0 bridgehead atoms. The van der Waals surface area contributed by atoms with E-state index in [9.17, 15) is 4.79 Å². The number of benzene rings is 1. The van der Waals surface area contributed by atoms with Crippen molar-refractivity contribution in [3.05, 3.63) is 29.8 Å². The molecule has 0 atom stereocenters. The highest BCUT2D eigenvalue weighted by Crippen LogP contribution is 2.46. The minimum atomic E-state index is -0.289. The molecule has 1 aliphatic rings. The summed E-state index contributed by atoms with van der Waals surface area (Å²) in [5.74, 6) is -0.289. The van der Waals surface area contributed by atoms with E-state index in [0.29, 0.717) is 22.4 Å². The summed E-state index contributed by atoms with van der Waals surface area (Å²) in [4.78, 5) is 11.6. The van der Waals surface area contributed by atoms with Gasteiger partial charge in [0.05, 0.1) is 12.7 Å². The highest BCUT2D eigenvalue weighted by atomic mass is 16.5. The normalized spacial score (nSPS) is 20.8. The van der Waals surface area contributed by atoms with Crippen molar-refractivity contribution in [2.45, 2.75) is 53.0 Å². The molecule has 1 aromatic rings. The average Bonchev–Trinajstić information content (AvgIpc) is 2.34. The lowest BCUT2D eigenvalue weighted by Gasteiger charge is -2.45. The van der Waals surface area contributed by atoms with Crippen molar-refractivity contribution in [1.82, 2.24) is 0 Å². The van der Waals surface area contributed by atoms with Crippen LogP contribution in [0, 0.1) is 10.8 Å². The van der Waals surface area contributed by atoms with E-state index in [1.165, 1.54) is 13.5 Å². The van der Waals surface area contributed by atoms with Crippen molar-refractivity contribution in [2.24, 2.45) is 10.8 Å². The van der Waals surface area contributed by atoms with Crippen LogP contribution in [-0.2, 0) is 4.74 Å². The fraction of sp³-hybridized carbons (Fsp3) is 0.611. The van der Waals surface area contributed by atoms with Gasteiger partial charge < -0.3 is 10.1 Å². The summed E-state index contributed by atoms with van der Waals surface area (Å²) in [6, 6.07) is 8.01. The molecular formula is C18H27NO2. The van der Waals surface area contributed by atoms with E-state index in [2.05, 4.69) is 33.0 Å². The molecule has 0 spiro atoms. The second-order valence-electron chi connectivity index (χ2n) is 7.83. The summed E-state index contributed by atoms with van der Waals surface area (Å²) in [5, 5.41) is 3.60. The molecule has 0 aliphatic heterocycles. The third kappa shape index (κ3) is 4.23. The molecule has 3 heteroatoms. The van der Waals surface area contributed by atoms with Gasteiger partial charge in [-0.15, -0.1) is 0 Å². The van der Waals surface area contributed by atoms with E-state index < -0.39 is 0 Å². The summed E-state index contributed by atoms with van der Waals surface area (Å²) in [6.45, 7) is 9.36. The van der Waals surface area contributed by atoms with Crippen LogP contribution >= 0.6 is 0 Å². The number of hydrogen-bond donors (Lipinski definition) is 1. The number of carbonyl (C=O) groups excluding carboxylic acids is 1. The number of ether oxygens (including phenoxy) is 1. The Morgan fingerprint density at radius 2 is 1.81 bits per heavy atom. The molecule has 1 aliphatic carbocycles. The van der Waals surface area contributed by atoms with Crippen LogP contribution in [0.15, 0.2) is 24.3 Å². The number of nitrogens with one attached hydrogen (secondary N) is 1. The molecule has 1 fully saturated rings. The molecule has 1 aromatic carbocycles. The number of methoxy groups -OCH3 is 1. The molecule has 116 valence electrons. The van der Waals surface area contributed by atoms with Crippen LogP contribution in [0.1, 0.15) is 57.3 Å². The van der Waals surface area contributed by atoms with E-state index in [1.807, 2.05) is 18.2 Å². The SMILES string of the molecule is COC(=O)c1cccc(NC2CC(C)(C)CC(C)(C)C2)c1. The van der Waals surface area contributed by atoms with Crippen molar-refractivity contribution < 1.29 is 9.53 Å². The molecule has 21 heavy (non-hydrogen) atoms. The molecule has 2 rings (SSSR count). The summed E-state index contributed by atoms with van der Waals surface area (Å²) >= 11 is 0. The molecule has 0 heterocycles. The first-order chi connectivity index (χ1) is 9.71. The summed E-state index contributed by atoms with van der Waals surface area (Å²) in [5.41, 5.74) is 2.28. The predicted octanol–water partition coefficient (Wildman–Crippen LogP) is 4.49. The second kappa shape index (κ2) is 5.70.